The van der Waals surface area contributed by atoms with E-state index in [2.05, 4.69) is 62.9 Å². The van der Waals surface area contributed by atoms with Crippen LogP contribution in [0.4, 0.5) is 0 Å². The Morgan fingerprint density at radius 3 is 2.34 bits per heavy atom. The van der Waals surface area contributed by atoms with Gasteiger partial charge in [-0.25, -0.2) is 0 Å². The summed E-state index contributed by atoms with van der Waals surface area (Å²) in [6.45, 7) is 11.9. The van der Waals surface area contributed by atoms with Gasteiger partial charge in [0.1, 0.15) is 17.4 Å². The highest BCUT2D eigenvalue weighted by Gasteiger charge is 2.29. The smallest absolute Gasteiger partial charge is 0.138 e. The summed E-state index contributed by atoms with van der Waals surface area (Å²) < 4.78 is 12.3. The highest BCUT2D eigenvalue weighted by Crippen LogP contribution is 2.36. The highest BCUT2D eigenvalue weighted by molar-refractivity contribution is 5.90. The van der Waals surface area contributed by atoms with E-state index in [0.29, 0.717) is 23.6 Å². The first-order chi connectivity index (χ1) is 17.1. The molecule has 4 rings (SSSR count). The maximum Gasteiger partial charge on any atom is 0.138 e. The predicted octanol–water partition coefficient (Wildman–Crippen LogP) is 7.65. The average Bonchev–Trinajstić information content (AvgIpc) is 2.90. The summed E-state index contributed by atoms with van der Waals surface area (Å²) in [7, 11) is 0. The van der Waals surface area contributed by atoms with Crippen LogP contribution in [0.3, 0.4) is 0 Å². The van der Waals surface area contributed by atoms with Gasteiger partial charge in [0.05, 0.1) is 12.2 Å². The first-order valence-corrected chi connectivity index (χ1v) is 14.1. The molecule has 1 unspecified atom stereocenters. The van der Waals surface area contributed by atoms with E-state index >= 15 is 0 Å². The number of hydrogen-bond acceptors (Lipinski definition) is 4. The fraction of sp³-hybridized carbons (Fsp3) is 0.645. The molecule has 0 radical (unpaired) electrons. The number of fused-ring (bicyclic) bond motifs is 1. The van der Waals surface area contributed by atoms with Gasteiger partial charge >= 0.3 is 0 Å². The lowest BCUT2D eigenvalue weighted by molar-refractivity contribution is 0.00156. The van der Waals surface area contributed by atoms with Gasteiger partial charge in [-0.2, -0.15) is 5.26 Å². The summed E-state index contributed by atoms with van der Waals surface area (Å²) in [4.78, 5) is 2.63. The Bertz CT molecular complexity index is 997. The zero-order chi connectivity index (χ0) is 24.8. The Morgan fingerprint density at radius 1 is 1.00 bits per heavy atom. The minimum absolute atomic E-state index is 0.231. The maximum atomic E-state index is 10.1. The molecular formula is C31H44N2O2. The predicted molar refractivity (Wildman–Crippen MR) is 144 cm³/mol. The molecule has 0 bridgehead atoms. The number of ether oxygens (including phenoxy) is 2. The molecule has 2 aromatic carbocycles. The Morgan fingerprint density at radius 2 is 1.71 bits per heavy atom. The molecule has 2 aromatic rings. The molecule has 2 aliphatic rings. The number of benzene rings is 2. The highest BCUT2D eigenvalue weighted by atomic mass is 16.5. The van der Waals surface area contributed by atoms with Gasteiger partial charge in [0.15, 0.2) is 0 Å². The molecule has 0 N–H and O–H groups in total. The molecule has 0 aromatic heterocycles. The topological polar surface area (TPSA) is 45.5 Å². The molecule has 0 spiro atoms. The van der Waals surface area contributed by atoms with Crippen molar-refractivity contribution in [1.29, 1.82) is 5.26 Å². The van der Waals surface area contributed by atoms with E-state index in [-0.39, 0.29) is 6.10 Å². The van der Waals surface area contributed by atoms with Crippen LogP contribution in [0.25, 0.3) is 10.8 Å². The molecule has 0 amide bonds. The number of rotatable bonds is 9. The van der Waals surface area contributed by atoms with Gasteiger partial charge in [-0.05, 0) is 107 Å². The van der Waals surface area contributed by atoms with Crippen LogP contribution in [-0.4, -0.2) is 36.8 Å². The molecule has 190 valence electrons. The van der Waals surface area contributed by atoms with Crippen molar-refractivity contribution in [3.63, 3.8) is 0 Å². The first kappa shape index (κ1) is 26.0. The summed E-state index contributed by atoms with van der Waals surface area (Å²) in [5.74, 6) is 2.25. The summed E-state index contributed by atoms with van der Waals surface area (Å²) in [6, 6.07) is 13.7. The molecule has 1 aliphatic carbocycles. The fourth-order valence-corrected chi connectivity index (χ4v) is 6.38. The Kier molecular flexibility index (Phi) is 9.09. The summed E-state index contributed by atoms with van der Waals surface area (Å²) in [5.41, 5.74) is 2.01. The fourth-order valence-electron chi connectivity index (χ4n) is 6.38. The zero-order valence-corrected chi connectivity index (χ0v) is 22.3. The van der Waals surface area contributed by atoms with Crippen molar-refractivity contribution in [3.05, 3.63) is 41.5 Å². The molecule has 2 atom stereocenters. The van der Waals surface area contributed by atoms with E-state index in [1.807, 2.05) is 6.07 Å². The van der Waals surface area contributed by atoms with Crippen LogP contribution in [0, 0.1) is 23.2 Å². The van der Waals surface area contributed by atoms with Crippen LogP contribution in [0.1, 0.15) is 96.2 Å². The van der Waals surface area contributed by atoms with Crippen LogP contribution in [0.2, 0.25) is 0 Å². The summed E-state index contributed by atoms with van der Waals surface area (Å²) in [5, 5.41) is 12.3. The number of likely N-dealkylation sites (tertiary alicyclic amines) is 1. The number of piperidine rings is 1. The Balaban J connectivity index is 1.52. The second-order valence-electron chi connectivity index (χ2n) is 10.7. The van der Waals surface area contributed by atoms with Crippen molar-refractivity contribution in [2.75, 3.05) is 19.7 Å². The number of nitriles is 1. The van der Waals surface area contributed by atoms with Gasteiger partial charge in [-0.1, -0.05) is 38.5 Å². The first-order valence-electron chi connectivity index (χ1n) is 14.1. The van der Waals surface area contributed by atoms with Crippen LogP contribution < -0.4 is 4.74 Å². The minimum atomic E-state index is 0.231. The number of hydrogen-bond donors (Lipinski definition) is 0. The van der Waals surface area contributed by atoms with Crippen molar-refractivity contribution in [2.45, 2.75) is 97.3 Å². The molecular weight excluding hydrogens is 432 g/mol. The van der Waals surface area contributed by atoms with E-state index in [1.54, 1.807) is 0 Å². The molecule has 1 saturated carbocycles. The lowest BCUT2D eigenvalue weighted by atomic mass is 9.86. The number of nitrogens with zero attached hydrogens (tertiary/aromatic N) is 2. The lowest BCUT2D eigenvalue weighted by Gasteiger charge is -2.39. The third-order valence-electron chi connectivity index (χ3n) is 8.66. The Hall–Kier alpha value is -2.09. The lowest BCUT2D eigenvalue weighted by Crippen LogP contribution is -2.39. The SMILES string of the molecule is CCO[C@H](C)C1CCN(C(CC)c2ccc3ccc(OC4CCC(CC)CC4)c(C#N)c3c2)CC1. The van der Waals surface area contributed by atoms with E-state index < -0.39 is 0 Å². The average molecular weight is 477 g/mol. The standard InChI is InChI=1S/C31H44N2O2/c1-5-23-8-13-27(14-9-23)35-31-15-12-25-10-11-26(20-28(25)29(31)21-32)30(6-2)33-18-16-24(17-19-33)22(4)34-7-3/h10-12,15,20,22-24,27,30H,5-9,13-14,16-19H2,1-4H3/t22-,23?,27?,30?/m1/s1. The van der Waals surface area contributed by atoms with Crippen molar-refractivity contribution in [3.8, 4) is 11.8 Å². The summed E-state index contributed by atoms with van der Waals surface area (Å²) >= 11 is 0. The van der Waals surface area contributed by atoms with Crippen molar-refractivity contribution >= 4 is 10.8 Å². The molecule has 35 heavy (non-hydrogen) atoms. The van der Waals surface area contributed by atoms with Crippen LogP contribution in [0.5, 0.6) is 5.75 Å². The minimum Gasteiger partial charge on any atom is -0.489 e. The maximum absolute atomic E-state index is 10.1. The monoisotopic (exact) mass is 476 g/mol. The van der Waals surface area contributed by atoms with Gasteiger partial charge in [0.2, 0.25) is 0 Å². The van der Waals surface area contributed by atoms with Crippen molar-refractivity contribution < 1.29 is 9.47 Å². The van der Waals surface area contributed by atoms with Crippen LogP contribution >= 0.6 is 0 Å². The largest absolute Gasteiger partial charge is 0.489 e. The molecule has 1 aliphatic heterocycles. The van der Waals surface area contributed by atoms with E-state index in [4.69, 9.17) is 9.47 Å². The second kappa shape index (κ2) is 12.2. The molecule has 4 heteroatoms. The molecule has 1 heterocycles. The molecule has 4 nitrogen and oxygen atoms in total. The molecule has 2 fully saturated rings. The van der Waals surface area contributed by atoms with E-state index in [9.17, 15) is 5.26 Å². The van der Waals surface area contributed by atoms with Crippen LogP contribution in [-0.2, 0) is 4.74 Å². The Labute approximate surface area is 212 Å². The zero-order valence-electron chi connectivity index (χ0n) is 22.3. The van der Waals surface area contributed by atoms with Gasteiger partial charge < -0.3 is 9.47 Å². The molecule has 1 saturated heterocycles. The van der Waals surface area contributed by atoms with E-state index in [0.717, 1.165) is 61.4 Å². The van der Waals surface area contributed by atoms with E-state index in [1.165, 1.54) is 37.7 Å². The van der Waals surface area contributed by atoms with Gasteiger partial charge in [-0.3, -0.25) is 4.90 Å². The van der Waals surface area contributed by atoms with Crippen molar-refractivity contribution in [1.82, 2.24) is 4.90 Å². The summed E-state index contributed by atoms with van der Waals surface area (Å²) in [6.07, 6.45) is 9.93. The van der Waals surface area contributed by atoms with Crippen LogP contribution in [0.15, 0.2) is 30.3 Å². The van der Waals surface area contributed by atoms with Gasteiger partial charge in [0, 0.05) is 18.0 Å². The van der Waals surface area contributed by atoms with Gasteiger partial charge in [0.25, 0.3) is 0 Å². The quantitative estimate of drug-likeness (QED) is 0.373. The van der Waals surface area contributed by atoms with Crippen molar-refractivity contribution in [2.24, 2.45) is 11.8 Å². The van der Waals surface area contributed by atoms with Gasteiger partial charge in [-0.15, -0.1) is 0 Å². The normalized spacial score (nSPS) is 23.6. The third kappa shape index (κ3) is 6.01. The third-order valence-corrected chi connectivity index (χ3v) is 8.66. The second-order valence-corrected chi connectivity index (χ2v) is 10.7.